The minimum absolute atomic E-state index is 0.103. The van der Waals surface area contributed by atoms with E-state index in [0.717, 1.165) is 17.0 Å². The van der Waals surface area contributed by atoms with Gasteiger partial charge in [-0.1, -0.05) is 0 Å². The maximum atomic E-state index is 11.0. The van der Waals surface area contributed by atoms with E-state index in [-0.39, 0.29) is 12.5 Å². The Labute approximate surface area is 104 Å². The summed E-state index contributed by atoms with van der Waals surface area (Å²) >= 11 is 1.60. The van der Waals surface area contributed by atoms with E-state index in [1.54, 1.807) is 11.3 Å². The van der Waals surface area contributed by atoms with E-state index in [2.05, 4.69) is 4.57 Å². The van der Waals surface area contributed by atoms with E-state index in [1.165, 1.54) is 0 Å². The van der Waals surface area contributed by atoms with Crippen molar-refractivity contribution >= 4 is 17.3 Å². The molecule has 0 saturated carbocycles. The fraction of sp³-hybridized carbons (Fsp3) is 0.308. The molecule has 0 aliphatic rings. The molecule has 0 aliphatic heterocycles. The Morgan fingerprint density at radius 2 is 2.00 bits per heavy atom. The fourth-order valence-electron chi connectivity index (χ4n) is 2.16. The highest BCUT2D eigenvalue weighted by Gasteiger charge is 2.20. The van der Waals surface area contributed by atoms with Crippen LogP contribution in [0.4, 0.5) is 0 Å². The van der Waals surface area contributed by atoms with Crippen LogP contribution in [0.1, 0.15) is 29.4 Å². The van der Waals surface area contributed by atoms with Crippen molar-refractivity contribution < 1.29 is 9.90 Å². The molecule has 0 aromatic carbocycles. The molecule has 0 radical (unpaired) electrons. The van der Waals surface area contributed by atoms with E-state index in [0.29, 0.717) is 0 Å². The second-order valence-electron chi connectivity index (χ2n) is 4.16. The number of aromatic nitrogens is 1. The number of rotatable bonds is 4. The average molecular weight is 249 g/mol. The Hall–Kier alpha value is -1.55. The molecule has 0 fully saturated rings. The molecule has 2 heterocycles. The van der Waals surface area contributed by atoms with Gasteiger partial charge in [-0.05, 0) is 48.4 Å². The van der Waals surface area contributed by atoms with Crippen LogP contribution < -0.4 is 0 Å². The van der Waals surface area contributed by atoms with Crippen molar-refractivity contribution in [2.75, 3.05) is 0 Å². The van der Waals surface area contributed by atoms with Crippen molar-refractivity contribution in [3.63, 3.8) is 0 Å². The SMILES string of the molecule is Cc1ccc(C)n1C(CC(=O)O)c1ccsc1. The summed E-state index contributed by atoms with van der Waals surface area (Å²) in [6.45, 7) is 4.02. The van der Waals surface area contributed by atoms with E-state index >= 15 is 0 Å². The Balaban J connectivity index is 2.44. The number of carbonyl (C=O) groups is 1. The summed E-state index contributed by atoms with van der Waals surface area (Å²) in [5, 5.41) is 13.1. The zero-order valence-electron chi connectivity index (χ0n) is 9.88. The number of hydrogen-bond donors (Lipinski definition) is 1. The first-order valence-electron chi connectivity index (χ1n) is 5.48. The highest BCUT2D eigenvalue weighted by Crippen LogP contribution is 2.27. The zero-order chi connectivity index (χ0) is 12.4. The van der Waals surface area contributed by atoms with Gasteiger partial charge in [-0.15, -0.1) is 0 Å². The van der Waals surface area contributed by atoms with Gasteiger partial charge in [0.05, 0.1) is 12.5 Å². The second-order valence-corrected chi connectivity index (χ2v) is 4.94. The van der Waals surface area contributed by atoms with Crippen LogP contribution in [0.3, 0.4) is 0 Å². The summed E-state index contributed by atoms with van der Waals surface area (Å²) in [6.07, 6.45) is 0.118. The first kappa shape index (κ1) is 11.9. The lowest BCUT2D eigenvalue weighted by Crippen LogP contribution is -2.16. The first-order valence-corrected chi connectivity index (χ1v) is 6.42. The van der Waals surface area contributed by atoms with E-state index < -0.39 is 5.97 Å². The smallest absolute Gasteiger partial charge is 0.305 e. The van der Waals surface area contributed by atoms with Gasteiger partial charge in [0.15, 0.2) is 0 Å². The topological polar surface area (TPSA) is 42.2 Å². The van der Waals surface area contributed by atoms with Gasteiger partial charge in [0.2, 0.25) is 0 Å². The van der Waals surface area contributed by atoms with Gasteiger partial charge in [-0.3, -0.25) is 4.79 Å². The Morgan fingerprint density at radius 1 is 1.35 bits per heavy atom. The number of nitrogens with zero attached hydrogens (tertiary/aromatic N) is 1. The lowest BCUT2D eigenvalue weighted by atomic mass is 10.1. The summed E-state index contributed by atoms with van der Waals surface area (Å²) in [5.74, 6) is -0.770. The molecule has 0 spiro atoms. The molecule has 0 aliphatic carbocycles. The van der Waals surface area contributed by atoms with Crippen LogP contribution in [0.2, 0.25) is 0 Å². The zero-order valence-corrected chi connectivity index (χ0v) is 10.7. The van der Waals surface area contributed by atoms with Gasteiger partial charge in [0, 0.05) is 11.4 Å². The third-order valence-corrected chi connectivity index (χ3v) is 3.63. The lowest BCUT2D eigenvalue weighted by Gasteiger charge is -2.20. The van der Waals surface area contributed by atoms with Crippen molar-refractivity contribution in [1.82, 2.24) is 4.57 Å². The summed E-state index contributed by atoms with van der Waals surface area (Å²) in [4.78, 5) is 11.0. The molecule has 2 rings (SSSR count). The standard InChI is InChI=1S/C13H15NO2S/c1-9-3-4-10(2)14(9)12(7-13(15)16)11-5-6-17-8-11/h3-6,8,12H,7H2,1-2H3,(H,15,16). The van der Waals surface area contributed by atoms with Crippen molar-refractivity contribution in [2.45, 2.75) is 26.3 Å². The van der Waals surface area contributed by atoms with Crippen LogP contribution in [0, 0.1) is 13.8 Å². The normalized spacial score (nSPS) is 12.6. The van der Waals surface area contributed by atoms with Gasteiger partial charge < -0.3 is 9.67 Å². The molecule has 0 saturated heterocycles. The highest BCUT2D eigenvalue weighted by molar-refractivity contribution is 7.07. The molecule has 2 aromatic heterocycles. The van der Waals surface area contributed by atoms with E-state index in [4.69, 9.17) is 5.11 Å². The quantitative estimate of drug-likeness (QED) is 0.904. The molecule has 1 N–H and O–H groups in total. The van der Waals surface area contributed by atoms with Gasteiger partial charge in [0.25, 0.3) is 0 Å². The minimum atomic E-state index is -0.770. The number of thiophene rings is 1. The van der Waals surface area contributed by atoms with Crippen LogP contribution in [0.15, 0.2) is 29.0 Å². The highest BCUT2D eigenvalue weighted by atomic mass is 32.1. The van der Waals surface area contributed by atoms with Crippen LogP contribution in [0.25, 0.3) is 0 Å². The molecule has 17 heavy (non-hydrogen) atoms. The number of aliphatic carboxylic acids is 1. The third-order valence-electron chi connectivity index (χ3n) is 2.93. The average Bonchev–Trinajstić information content (AvgIpc) is 2.86. The molecule has 0 amide bonds. The van der Waals surface area contributed by atoms with Crippen molar-refractivity contribution in [2.24, 2.45) is 0 Å². The Morgan fingerprint density at radius 3 is 2.47 bits per heavy atom. The monoisotopic (exact) mass is 249 g/mol. The van der Waals surface area contributed by atoms with Gasteiger partial charge in [0.1, 0.15) is 0 Å². The maximum Gasteiger partial charge on any atom is 0.305 e. The van der Waals surface area contributed by atoms with Crippen molar-refractivity contribution in [3.8, 4) is 0 Å². The maximum absolute atomic E-state index is 11.0. The molecule has 90 valence electrons. The summed E-state index contributed by atoms with van der Waals surface area (Å²) < 4.78 is 2.09. The molecular weight excluding hydrogens is 234 g/mol. The molecule has 0 bridgehead atoms. The lowest BCUT2D eigenvalue weighted by molar-refractivity contribution is -0.137. The van der Waals surface area contributed by atoms with Crippen molar-refractivity contribution in [3.05, 3.63) is 45.9 Å². The van der Waals surface area contributed by atoms with Crippen LogP contribution in [-0.2, 0) is 4.79 Å². The summed E-state index contributed by atoms with van der Waals surface area (Å²) in [5.41, 5.74) is 3.26. The second kappa shape index (κ2) is 4.75. The predicted molar refractivity (Wildman–Crippen MR) is 68.6 cm³/mol. The van der Waals surface area contributed by atoms with E-state index in [9.17, 15) is 4.79 Å². The Kier molecular flexibility index (Phi) is 3.33. The minimum Gasteiger partial charge on any atom is -0.481 e. The summed E-state index contributed by atoms with van der Waals surface area (Å²) in [7, 11) is 0. The molecule has 1 atom stereocenters. The summed E-state index contributed by atoms with van der Waals surface area (Å²) in [6, 6.07) is 5.94. The number of aryl methyl sites for hydroxylation is 2. The molecule has 2 aromatic rings. The van der Waals surface area contributed by atoms with Crippen molar-refractivity contribution in [1.29, 1.82) is 0 Å². The van der Waals surface area contributed by atoms with Crippen LogP contribution >= 0.6 is 11.3 Å². The predicted octanol–water partition coefficient (Wildman–Crippen LogP) is 3.23. The van der Waals surface area contributed by atoms with Gasteiger partial charge >= 0.3 is 5.97 Å². The van der Waals surface area contributed by atoms with Gasteiger partial charge in [-0.2, -0.15) is 11.3 Å². The van der Waals surface area contributed by atoms with E-state index in [1.807, 2.05) is 42.8 Å². The number of carboxylic acids is 1. The number of hydrogen-bond acceptors (Lipinski definition) is 2. The largest absolute Gasteiger partial charge is 0.481 e. The van der Waals surface area contributed by atoms with Gasteiger partial charge in [-0.25, -0.2) is 0 Å². The Bertz CT molecular complexity index is 494. The molecular formula is C13H15NO2S. The molecule has 4 heteroatoms. The molecule has 3 nitrogen and oxygen atoms in total. The molecule has 1 unspecified atom stereocenters. The van der Waals surface area contributed by atoms with Crippen LogP contribution in [0.5, 0.6) is 0 Å². The fourth-order valence-corrected chi connectivity index (χ4v) is 2.87. The first-order chi connectivity index (χ1) is 8.09. The number of carboxylic acid groups (broad SMARTS) is 1. The third kappa shape index (κ3) is 2.42. The van der Waals surface area contributed by atoms with Crippen LogP contribution in [-0.4, -0.2) is 15.6 Å².